The number of nitrogens with zero attached hydrogens (tertiary/aromatic N) is 4. The molecule has 2 aromatic heterocycles. The molecule has 0 atom stereocenters. The van der Waals surface area contributed by atoms with Gasteiger partial charge in [-0.1, -0.05) is 0 Å². The first kappa shape index (κ1) is 14.1. The van der Waals surface area contributed by atoms with Gasteiger partial charge in [0.15, 0.2) is 11.2 Å². The van der Waals surface area contributed by atoms with E-state index in [2.05, 4.69) is 4.98 Å². The van der Waals surface area contributed by atoms with Crippen molar-refractivity contribution in [2.24, 2.45) is 7.05 Å². The third-order valence-corrected chi connectivity index (χ3v) is 2.48. The topological polar surface area (TPSA) is 61.8 Å². The van der Waals surface area contributed by atoms with Crippen LogP contribution in [0, 0.1) is 0 Å². The van der Waals surface area contributed by atoms with Crippen molar-refractivity contribution in [2.75, 3.05) is 0 Å². The molecule has 0 fully saturated rings. The first-order valence-corrected chi connectivity index (χ1v) is 4.79. The SMILES string of the molecule is Cn1c(=O)n(C(F)(F)F)c(=O)c2c1ncn2C(F)(F)F. The van der Waals surface area contributed by atoms with Crippen LogP contribution in [-0.2, 0) is 19.6 Å². The van der Waals surface area contributed by atoms with E-state index in [9.17, 15) is 35.9 Å². The summed E-state index contributed by atoms with van der Waals surface area (Å²) in [7, 11) is 0.778. The highest BCUT2D eigenvalue weighted by molar-refractivity contribution is 5.70. The van der Waals surface area contributed by atoms with Gasteiger partial charge in [-0.3, -0.25) is 9.36 Å². The van der Waals surface area contributed by atoms with Crippen molar-refractivity contribution in [1.29, 1.82) is 0 Å². The van der Waals surface area contributed by atoms with Crippen LogP contribution < -0.4 is 11.2 Å². The lowest BCUT2D eigenvalue weighted by Crippen LogP contribution is -2.46. The molecule has 0 spiro atoms. The summed E-state index contributed by atoms with van der Waals surface area (Å²) in [6.45, 7) is 0. The molecule has 20 heavy (non-hydrogen) atoms. The van der Waals surface area contributed by atoms with Crippen LogP contribution in [0.1, 0.15) is 0 Å². The molecule has 0 aliphatic rings. The van der Waals surface area contributed by atoms with Gasteiger partial charge in [0.1, 0.15) is 6.33 Å². The van der Waals surface area contributed by atoms with E-state index in [0.717, 1.165) is 7.05 Å². The lowest BCUT2D eigenvalue weighted by Gasteiger charge is -2.12. The largest absolute Gasteiger partial charge is 0.495 e. The molecule has 0 saturated heterocycles. The molecular formula is C8H4F6N4O2. The Bertz CT molecular complexity index is 793. The molecule has 0 aliphatic carbocycles. The van der Waals surface area contributed by atoms with Gasteiger partial charge in [-0.25, -0.2) is 14.3 Å². The van der Waals surface area contributed by atoms with E-state index in [-0.39, 0.29) is 10.9 Å². The fourth-order valence-corrected chi connectivity index (χ4v) is 1.63. The van der Waals surface area contributed by atoms with Crippen molar-refractivity contribution < 1.29 is 26.3 Å². The van der Waals surface area contributed by atoms with Crippen LogP contribution in [0.5, 0.6) is 0 Å². The van der Waals surface area contributed by atoms with E-state index >= 15 is 0 Å². The average Bonchev–Trinajstić information content (AvgIpc) is 2.68. The molecule has 2 heterocycles. The maximum Gasteiger partial charge on any atom is 0.495 e. The molecule has 0 unspecified atom stereocenters. The minimum Gasteiger partial charge on any atom is -0.279 e. The predicted molar refractivity (Wildman–Crippen MR) is 51.8 cm³/mol. The highest BCUT2D eigenvalue weighted by atomic mass is 19.4. The fourth-order valence-electron chi connectivity index (χ4n) is 1.63. The smallest absolute Gasteiger partial charge is 0.279 e. The second kappa shape index (κ2) is 3.86. The summed E-state index contributed by atoms with van der Waals surface area (Å²) in [5, 5.41) is 0. The second-order valence-electron chi connectivity index (χ2n) is 3.70. The van der Waals surface area contributed by atoms with E-state index in [4.69, 9.17) is 0 Å². The molecular weight excluding hydrogens is 298 g/mol. The van der Waals surface area contributed by atoms with Crippen LogP contribution in [0.25, 0.3) is 11.2 Å². The van der Waals surface area contributed by atoms with Crippen LogP contribution in [0.15, 0.2) is 15.9 Å². The number of hydrogen-bond donors (Lipinski definition) is 0. The van der Waals surface area contributed by atoms with Crippen LogP contribution in [-0.4, -0.2) is 18.7 Å². The Kier molecular flexibility index (Phi) is 2.73. The van der Waals surface area contributed by atoms with Gasteiger partial charge in [0.2, 0.25) is 0 Å². The van der Waals surface area contributed by atoms with Crippen LogP contribution in [0.3, 0.4) is 0 Å². The fraction of sp³-hybridized carbons (Fsp3) is 0.375. The summed E-state index contributed by atoms with van der Waals surface area (Å²) in [6.07, 6.45) is -10.5. The van der Waals surface area contributed by atoms with E-state index in [1.807, 2.05) is 0 Å². The maximum absolute atomic E-state index is 12.6. The third kappa shape index (κ3) is 1.87. The van der Waals surface area contributed by atoms with E-state index in [1.165, 1.54) is 0 Å². The quantitative estimate of drug-likeness (QED) is 0.678. The van der Waals surface area contributed by atoms with Crippen molar-refractivity contribution >= 4 is 11.2 Å². The van der Waals surface area contributed by atoms with Crippen molar-refractivity contribution in [2.45, 2.75) is 12.6 Å². The van der Waals surface area contributed by atoms with Gasteiger partial charge in [0.25, 0.3) is 5.56 Å². The summed E-state index contributed by atoms with van der Waals surface area (Å²) in [5.41, 5.74) is -6.14. The lowest BCUT2D eigenvalue weighted by atomic mass is 10.5. The molecule has 12 heteroatoms. The van der Waals surface area contributed by atoms with Gasteiger partial charge in [0.05, 0.1) is 0 Å². The molecule has 2 rings (SSSR count). The van der Waals surface area contributed by atoms with Crippen molar-refractivity contribution in [3.63, 3.8) is 0 Å². The van der Waals surface area contributed by atoms with Gasteiger partial charge < -0.3 is 0 Å². The number of aryl methyl sites for hydroxylation is 1. The predicted octanol–water partition coefficient (Wildman–Crippen LogP) is 0.849. The van der Waals surface area contributed by atoms with Crippen LogP contribution >= 0.6 is 0 Å². The molecule has 110 valence electrons. The van der Waals surface area contributed by atoms with Gasteiger partial charge in [-0.2, -0.15) is 4.57 Å². The molecule has 0 bridgehead atoms. The number of imidazole rings is 1. The Balaban J connectivity index is 3.08. The zero-order valence-corrected chi connectivity index (χ0v) is 9.45. The molecule has 6 nitrogen and oxygen atoms in total. The Morgan fingerprint density at radius 3 is 2.05 bits per heavy atom. The first-order chi connectivity index (χ1) is 8.96. The molecule has 0 saturated carbocycles. The average molecular weight is 302 g/mol. The summed E-state index contributed by atoms with van der Waals surface area (Å²) in [5.74, 6) is 0. The number of halogens is 6. The number of aromatic nitrogens is 4. The molecule has 0 N–H and O–H groups in total. The van der Waals surface area contributed by atoms with E-state index in [1.54, 1.807) is 0 Å². The molecule has 0 aromatic carbocycles. The number of alkyl halides is 6. The normalized spacial score (nSPS) is 13.2. The standard InChI is InChI=1S/C8H4F6N4O2/c1-16-4-3(17(2-15-4)7(9,10)11)5(19)18(6(16)20)8(12,13)14/h2H,1H3. The summed E-state index contributed by atoms with van der Waals surface area (Å²) in [6, 6.07) is 0. The summed E-state index contributed by atoms with van der Waals surface area (Å²) in [4.78, 5) is 26.1. The van der Waals surface area contributed by atoms with Crippen molar-refractivity contribution in [1.82, 2.24) is 18.7 Å². The Morgan fingerprint density at radius 2 is 1.60 bits per heavy atom. The monoisotopic (exact) mass is 302 g/mol. The zero-order chi connectivity index (χ0) is 15.5. The molecule has 2 aromatic rings. The lowest BCUT2D eigenvalue weighted by molar-refractivity contribution is -0.211. The molecule has 0 radical (unpaired) electrons. The molecule has 0 aliphatic heterocycles. The minimum atomic E-state index is -5.44. The van der Waals surface area contributed by atoms with Gasteiger partial charge in [-0.05, 0) is 0 Å². The Labute approximate surface area is 104 Å². The summed E-state index contributed by atoms with van der Waals surface area (Å²) >= 11 is 0. The summed E-state index contributed by atoms with van der Waals surface area (Å²) < 4.78 is 73.9. The second-order valence-corrected chi connectivity index (χ2v) is 3.70. The van der Waals surface area contributed by atoms with Crippen molar-refractivity contribution in [3.05, 3.63) is 27.2 Å². The minimum absolute atomic E-state index is 0.131. The highest BCUT2D eigenvalue weighted by Gasteiger charge is 2.40. The number of hydrogen-bond acceptors (Lipinski definition) is 3. The van der Waals surface area contributed by atoms with Crippen LogP contribution in [0.4, 0.5) is 26.3 Å². The van der Waals surface area contributed by atoms with Gasteiger partial charge in [-0.15, -0.1) is 26.3 Å². The van der Waals surface area contributed by atoms with Gasteiger partial charge >= 0.3 is 18.3 Å². The first-order valence-electron chi connectivity index (χ1n) is 4.79. The molecule has 0 amide bonds. The highest BCUT2D eigenvalue weighted by Crippen LogP contribution is 2.26. The van der Waals surface area contributed by atoms with E-state index in [0.29, 0.717) is 0 Å². The number of rotatable bonds is 0. The van der Waals surface area contributed by atoms with Gasteiger partial charge in [0, 0.05) is 7.05 Å². The Morgan fingerprint density at radius 1 is 1.05 bits per heavy atom. The maximum atomic E-state index is 12.6. The van der Waals surface area contributed by atoms with Crippen LogP contribution in [0.2, 0.25) is 0 Å². The van der Waals surface area contributed by atoms with Crippen molar-refractivity contribution in [3.8, 4) is 0 Å². The zero-order valence-electron chi connectivity index (χ0n) is 9.45. The Hall–Kier alpha value is -2.27. The third-order valence-electron chi connectivity index (χ3n) is 2.48. The number of fused-ring (bicyclic) bond motifs is 1. The van der Waals surface area contributed by atoms with E-state index < -0.39 is 44.1 Å².